The molecule has 14 heavy (non-hydrogen) atoms. The van der Waals surface area contributed by atoms with E-state index >= 15 is 0 Å². The lowest BCUT2D eigenvalue weighted by Gasteiger charge is -1.99. The SMILES string of the molecule is N#CCc1ccc2cc(I)ccc2n1. The minimum absolute atomic E-state index is 0.377. The molecule has 0 aliphatic carbocycles. The standard InChI is InChI=1S/C11H7IN2/c12-9-2-4-11-8(7-9)1-3-10(14-11)5-6-13/h1-4,7H,5H2. The second kappa shape index (κ2) is 3.93. The van der Waals surface area contributed by atoms with Gasteiger partial charge in [-0.05, 0) is 46.9 Å². The Morgan fingerprint density at radius 2 is 2.14 bits per heavy atom. The van der Waals surface area contributed by atoms with E-state index in [2.05, 4.69) is 39.7 Å². The number of nitriles is 1. The third-order valence-electron chi connectivity index (χ3n) is 1.97. The van der Waals surface area contributed by atoms with E-state index in [0.717, 1.165) is 16.6 Å². The molecule has 0 aliphatic rings. The summed E-state index contributed by atoms with van der Waals surface area (Å²) in [4.78, 5) is 4.38. The summed E-state index contributed by atoms with van der Waals surface area (Å²) in [7, 11) is 0. The van der Waals surface area contributed by atoms with Crippen LogP contribution in [0.25, 0.3) is 10.9 Å². The van der Waals surface area contributed by atoms with Gasteiger partial charge in [-0.15, -0.1) is 0 Å². The molecule has 0 aliphatic heterocycles. The van der Waals surface area contributed by atoms with Gasteiger partial charge >= 0.3 is 0 Å². The van der Waals surface area contributed by atoms with E-state index in [1.54, 1.807) is 0 Å². The molecule has 0 saturated heterocycles. The molecular weight excluding hydrogens is 287 g/mol. The minimum atomic E-state index is 0.377. The van der Waals surface area contributed by atoms with Crippen molar-refractivity contribution in [2.45, 2.75) is 6.42 Å². The smallest absolute Gasteiger partial charge is 0.0774 e. The quantitative estimate of drug-likeness (QED) is 0.758. The van der Waals surface area contributed by atoms with Crippen LogP contribution in [0.5, 0.6) is 0 Å². The van der Waals surface area contributed by atoms with Gasteiger partial charge in [-0.3, -0.25) is 4.98 Å². The summed E-state index contributed by atoms with van der Waals surface area (Å²) < 4.78 is 1.20. The van der Waals surface area contributed by atoms with Crippen LogP contribution in [0.2, 0.25) is 0 Å². The van der Waals surface area contributed by atoms with E-state index in [0.29, 0.717) is 6.42 Å². The second-order valence-electron chi connectivity index (χ2n) is 2.97. The van der Waals surface area contributed by atoms with Crippen molar-refractivity contribution in [3.63, 3.8) is 0 Å². The van der Waals surface area contributed by atoms with Crippen LogP contribution in [0.4, 0.5) is 0 Å². The highest BCUT2D eigenvalue weighted by molar-refractivity contribution is 14.1. The van der Waals surface area contributed by atoms with Gasteiger partial charge in [-0.1, -0.05) is 6.07 Å². The predicted molar refractivity (Wildman–Crippen MR) is 63.8 cm³/mol. The molecule has 0 bridgehead atoms. The van der Waals surface area contributed by atoms with Crippen LogP contribution in [0.15, 0.2) is 30.3 Å². The molecule has 68 valence electrons. The van der Waals surface area contributed by atoms with Gasteiger partial charge in [0.15, 0.2) is 0 Å². The zero-order chi connectivity index (χ0) is 9.97. The fraction of sp³-hybridized carbons (Fsp3) is 0.0909. The Kier molecular flexibility index (Phi) is 2.64. The maximum Gasteiger partial charge on any atom is 0.0774 e. The molecule has 2 nitrogen and oxygen atoms in total. The molecule has 0 radical (unpaired) electrons. The monoisotopic (exact) mass is 294 g/mol. The van der Waals surface area contributed by atoms with Crippen molar-refractivity contribution < 1.29 is 0 Å². The number of halogens is 1. The molecule has 3 heteroatoms. The molecule has 0 unspecified atom stereocenters. The van der Waals surface area contributed by atoms with Crippen molar-refractivity contribution in [3.05, 3.63) is 39.6 Å². The van der Waals surface area contributed by atoms with Crippen molar-refractivity contribution in [2.75, 3.05) is 0 Å². The first-order valence-electron chi connectivity index (χ1n) is 4.22. The average molecular weight is 294 g/mol. The molecule has 0 fully saturated rings. The molecule has 2 rings (SSSR count). The molecule has 0 saturated carbocycles. The molecule has 0 spiro atoms. The lowest BCUT2D eigenvalue weighted by Crippen LogP contribution is -1.88. The summed E-state index contributed by atoms with van der Waals surface area (Å²) in [6.45, 7) is 0. The topological polar surface area (TPSA) is 36.7 Å². The van der Waals surface area contributed by atoms with Gasteiger partial charge in [0.25, 0.3) is 0 Å². The van der Waals surface area contributed by atoms with Gasteiger partial charge in [0.1, 0.15) is 0 Å². The lowest BCUT2D eigenvalue weighted by atomic mass is 10.2. The number of hydrogen-bond donors (Lipinski definition) is 0. The third kappa shape index (κ3) is 1.85. The van der Waals surface area contributed by atoms with Gasteiger partial charge < -0.3 is 0 Å². The van der Waals surface area contributed by atoms with Gasteiger partial charge in [0.2, 0.25) is 0 Å². The third-order valence-corrected chi connectivity index (χ3v) is 2.64. The largest absolute Gasteiger partial charge is 0.252 e. The first-order valence-corrected chi connectivity index (χ1v) is 5.29. The lowest BCUT2D eigenvalue weighted by molar-refractivity contribution is 1.15. The Morgan fingerprint density at radius 1 is 1.29 bits per heavy atom. The van der Waals surface area contributed by atoms with Crippen LogP contribution in [0.1, 0.15) is 5.69 Å². The highest BCUT2D eigenvalue weighted by Gasteiger charge is 1.98. The second-order valence-corrected chi connectivity index (χ2v) is 4.22. The first-order chi connectivity index (χ1) is 6.79. The molecule has 0 amide bonds. The first kappa shape index (κ1) is 9.41. The Balaban J connectivity index is 2.57. The Bertz CT molecular complexity index is 514. The molecule has 2 aromatic rings. The van der Waals surface area contributed by atoms with Crippen LogP contribution in [0.3, 0.4) is 0 Å². The highest BCUT2D eigenvalue weighted by Crippen LogP contribution is 2.16. The van der Waals surface area contributed by atoms with Gasteiger partial charge in [-0.25, -0.2) is 0 Å². The summed E-state index contributed by atoms with van der Waals surface area (Å²) in [6.07, 6.45) is 0.377. The maximum atomic E-state index is 8.54. The fourth-order valence-corrected chi connectivity index (χ4v) is 1.83. The molecule has 0 atom stereocenters. The fourth-order valence-electron chi connectivity index (χ4n) is 1.32. The number of fused-ring (bicyclic) bond motifs is 1. The predicted octanol–water partition coefficient (Wildman–Crippen LogP) is 2.91. The molecule has 1 aromatic carbocycles. The molecule has 1 aromatic heterocycles. The van der Waals surface area contributed by atoms with E-state index in [-0.39, 0.29) is 0 Å². The van der Waals surface area contributed by atoms with E-state index in [4.69, 9.17) is 5.26 Å². The number of rotatable bonds is 1. The van der Waals surface area contributed by atoms with E-state index in [1.807, 2.05) is 24.3 Å². The van der Waals surface area contributed by atoms with Crippen LogP contribution in [-0.4, -0.2) is 4.98 Å². The number of aromatic nitrogens is 1. The van der Waals surface area contributed by atoms with E-state index in [1.165, 1.54) is 3.57 Å². The Labute approximate surface area is 95.7 Å². The van der Waals surface area contributed by atoms with Gasteiger partial charge in [0.05, 0.1) is 23.7 Å². The molecular formula is C11H7IN2. The Morgan fingerprint density at radius 3 is 2.93 bits per heavy atom. The summed E-state index contributed by atoms with van der Waals surface area (Å²) in [5.74, 6) is 0. The number of pyridine rings is 1. The summed E-state index contributed by atoms with van der Waals surface area (Å²) in [5.41, 5.74) is 1.79. The average Bonchev–Trinajstić information content (AvgIpc) is 2.19. The summed E-state index contributed by atoms with van der Waals surface area (Å²) >= 11 is 2.27. The van der Waals surface area contributed by atoms with Crippen LogP contribution >= 0.6 is 22.6 Å². The van der Waals surface area contributed by atoms with Crippen molar-refractivity contribution in [2.24, 2.45) is 0 Å². The molecule has 1 heterocycles. The maximum absolute atomic E-state index is 8.54. The van der Waals surface area contributed by atoms with Gasteiger partial charge in [-0.2, -0.15) is 5.26 Å². The van der Waals surface area contributed by atoms with E-state index < -0.39 is 0 Å². The zero-order valence-corrected chi connectivity index (χ0v) is 9.52. The normalized spacial score (nSPS) is 10.0. The van der Waals surface area contributed by atoms with Crippen molar-refractivity contribution in [1.82, 2.24) is 4.98 Å². The van der Waals surface area contributed by atoms with Gasteiger partial charge in [0, 0.05) is 8.96 Å². The zero-order valence-electron chi connectivity index (χ0n) is 7.37. The number of nitrogens with zero attached hydrogens (tertiary/aromatic N) is 2. The van der Waals surface area contributed by atoms with Crippen LogP contribution in [-0.2, 0) is 6.42 Å². The number of benzene rings is 1. The van der Waals surface area contributed by atoms with Crippen molar-refractivity contribution in [3.8, 4) is 6.07 Å². The van der Waals surface area contributed by atoms with E-state index in [9.17, 15) is 0 Å². The van der Waals surface area contributed by atoms with Crippen molar-refractivity contribution in [1.29, 1.82) is 5.26 Å². The van der Waals surface area contributed by atoms with Crippen LogP contribution in [0, 0.1) is 14.9 Å². The van der Waals surface area contributed by atoms with Crippen molar-refractivity contribution >= 4 is 33.5 Å². The summed E-state index contributed by atoms with van der Waals surface area (Å²) in [5, 5.41) is 9.67. The Hall–Kier alpha value is -1.15. The van der Waals surface area contributed by atoms with Crippen LogP contribution < -0.4 is 0 Å². The number of hydrogen-bond acceptors (Lipinski definition) is 2. The molecule has 0 N–H and O–H groups in total. The summed E-state index contributed by atoms with van der Waals surface area (Å²) in [6, 6.07) is 12.1. The minimum Gasteiger partial charge on any atom is -0.252 e. The highest BCUT2D eigenvalue weighted by atomic mass is 127.